The number of methoxy groups -OCH3 is 1. The number of ether oxygens (including phenoxy) is 1. The van der Waals surface area contributed by atoms with Gasteiger partial charge in [0.05, 0.1) is 12.0 Å². The lowest BCUT2D eigenvalue weighted by atomic mass is 10.1. The normalized spacial score (nSPS) is 12.9. The summed E-state index contributed by atoms with van der Waals surface area (Å²) in [5, 5.41) is 0. The molecule has 0 aliphatic carbocycles. The Morgan fingerprint density at radius 3 is 2.50 bits per heavy atom. The van der Waals surface area contributed by atoms with Gasteiger partial charge in [0, 0.05) is 10.5 Å². The molecule has 4 nitrogen and oxygen atoms in total. The van der Waals surface area contributed by atoms with Crippen molar-refractivity contribution in [3.05, 3.63) is 58.3 Å². The number of sulfonamides is 1. The van der Waals surface area contributed by atoms with Crippen molar-refractivity contribution in [1.82, 2.24) is 4.72 Å². The van der Waals surface area contributed by atoms with E-state index in [1.807, 2.05) is 0 Å². The SMILES string of the molecule is COc1ccc(C(C)NS(=O)(=O)c2ccccc2Br)cc1F. The Bertz CT molecular complexity index is 780. The maximum atomic E-state index is 13.7. The van der Waals surface area contributed by atoms with E-state index in [0.29, 0.717) is 10.0 Å². The number of halogens is 2. The van der Waals surface area contributed by atoms with Crippen molar-refractivity contribution < 1.29 is 17.5 Å². The minimum Gasteiger partial charge on any atom is -0.494 e. The second-order valence-electron chi connectivity index (χ2n) is 4.67. The van der Waals surface area contributed by atoms with Crippen molar-refractivity contribution in [2.24, 2.45) is 0 Å². The highest BCUT2D eigenvalue weighted by molar-refractivity contribution is 9.10. The van der Waals surface area contributed by atoms with Crippen LogP contribution in [-0.2, 0) is 10.0 Å². The van der Waals surface area contributed by atoms with Crippen molar-refractivity contribution >= 4 is 26.0 Å². The molecule has 0 amide bonds. The first-order valence-electron chi connectivity index (χ1n) is 6.45. The molecule has 0 radical (unpaired) electrons. The molecule has 2 rings (SSSR count). The first-order valence-corrected chi connectivity index (χ1v) is 8.73. The fourth-order valence-corrected chi connectivity index (χ4v) is 4.21. The van der Waals surface area contributed by atoms with E-state index in [1.165, 1.54) is 25.3 Å². The van der Waals surface area contributed by atoms with E-state index in [1.54, 1.807) is 31.2 Å². The largest absolute Gasteiger partial charge is 0.494 e. The van der Waals surface area contributed by atoms with Crippen LogP contribution in [0.3, 0.4) is 0 Å². The summed E-state index contributed by atoms with van der Waals surface area (Å²) in [6.07, 6.45) is 0. The third kappa shape index (κ3) is 3.66. The number of hydrogen-bond donors (Lipinski definition) is 1. The van der Waals surface area contributed by atoms with E-state index < -0.39 is 21.9 Å². The Balaban J connectivity index is 2.26. The quantitative estimate of drug-likeness (QED) is 0.851. The van der Waals surface area contributed by atoms with Gasteiger partial charge in [-0.1, -0.05) is 18.2 Å². The topological polar surface area (TPSA) is 55.4 Å². The standard InChI is InChI=1S/C15H15BrFNO3S/c1-10(11-7-8-14(21-2)13(17)9-11)18-22(19,20)15-6-4-3-5-12(15)16/h3-10,18H,1-2H3. The van der Waals surface area contributed by atoms with Crippen LogP contribution in [-0.4, -0.2) is 15.5 Å². The van der Waals surface area contributed by atoms with E-state index in [2.05, 4.69) is 20.7 Å². The first kappa shape index (κ1) is 16.9. The monoisotopic (exact) mass is 387 g/mol. The minimum absolute atomic E-state index is 0.115. The summed E-state index contributed by atoms with van der Waals surface area (Å²) in [6, 6.07) is 10.3. The van der Waals surface area contributed by atoms with Gasteiger partial charge in [-0.25, -0.2) is 17.5 Å². The Kier molecular flexibility index (Phi) is 5.20. The molecule has 2 aromatic rings. The molecule has 0 fully saturated rings. The van der Waals surface area contributed by atoms with Crippen molar-refractivity contribution in [3.63, 3.8) is 0 Å². The van der Waals surface area contributed by atoms with Gasteiger partial charge in [-0.2, -0.15) is 0 Å². The predicted molar refractivity (Wildman–Crippen MR) is 85.8 cm³/mol. The van der Waals surface area contributed by atoms with Gasteiger partial charge in [-0.3, -0.25) is 0 Å². The lowest BCUT2D eigenvalue weighted by Gasteiger charge is -2.16. The lowest BCUT2D eigenvalue weighted by molar-refractivity contribution is 0.386. The van der Waals surface area contributed by atoms with Gasteiger partial charge in [-0.05, 0) is 52.7 Å². The van der Waals surface area contributed by atoms with E-state index in [9.17, 15) is 12.8 Å². The minimum atomic E-state index is -3.72. The fourth-order valence-electron chi connectivity index (χ4n) is 1.98. The van der Waals surface area contributed by atoms with Gasteiger partial charge >= 0.3 is 0 Å². The van der Waals surface area contributed by atoms with E-state index in [4.69, 9.17) is 4.74 Å². The van der Waals surface area contributed by atoms with Crippen molar-refractivity contribution in [1.29, 1.82) is 0 Å². The van der Waals surface area contributed by atoms with Gasteiger partial charge in [0.25, 0.3) is 0 Å². The highest BCUT2D eigenvalue weighted by Crippen LogP contribution is 2.25. The molecule has 0 saturated heterocycles. The zero-order chi connectivity index (χ0) is 16.3. The molecule has 0 spiro atoms. The third-order valence-electron chi connectivity index (χ3n) is 3.13. The second kappa shape index (κ2) is 6.76. The molecule has 0 heterocycles. The maximum Gasteiger partial charge on any atom is 0.242 e. The van der Waals surface area contributed by atoms with Crippen molar-refractivity contribution in [3.8, 4) is 5.75 Å². The van der Waals surface area contributed by atoms with Crippen LogP contribution in [0.15, 0.2) is 51.8 Å². The van der Waals surface area contributed by atoms with Crippen LogP contribution >= 0.6 is 15.9 Å². The molecule has 2 aromatic carbocycles. The Hall–Kier alpha value is -1.44. The van der Waals surface area contributed by atoms with Gasteiger partial charge in [0.1, 0.15) is 0 Å². The number of rotatable bonds is 5. The molecule has 22 heavy (non-hydrogen) atoms. The number of nitrogens with one attached hydrogen (secondary N) is 1. The Morgan fingerprint density at radius 1 is 1.23 bits per heavy atom. The number of hydrogen-bond acceptors (Lipinski definition) is 3. The maximum absolute atomic E-state index is 13.7. The van der Waals surface area contributed by atoms with Crippen LogP contribution < -0.4 is 9.46 Å². The average molecular weight is 388 g/mol. The molecular weight excluding hydrogens is 373 g/mol. The van der Waals surface area contributed by atoms with Crippen LogP contribution in [0, 0.1) is 5.82 Å². The summed E-state index contributed by atoms with van der Waals surface area (Å²) in [7, 11) is -2.35. The van der Waals surface area contributed by atoms with Crippen molar-refractivity contribution in [2.45, 2.75) is 17.9 Å². The zero-order valence-corrected chi connectivity index (χ0v) is 14.4. The highest BCUT2D eigenvalue weighted by Gasteiger charge is 2.21. The van der Waals surface area contributed by atoms with Crippen LogP contribution in [0.1, 0.15) is 18.5 Å². The summed E-state index contributed by atoms with van der Waals surface area (Å²) < 4.78 is 46.3. The molecule has 7 heteroatoms. The average Bonchev–Trinajstić information content (AvgIpc) is 2.46. The summed E-state index contributed by atoms with van der Waals surface area (Å²) in [6.45, 7) is 1.65. The van der Waals surface area contributed by atoms with E-state index in [-0.39, 0.29) is 10.6 Å². The molecule has 0 bridgehead atoms. The number of benzene rings is 2. The molecule has 0 aliphatic heterocycles. The predicted octanol–water partition coefficient (Wildman–Crippen LogP) is 3.64. The highest BCUT2D eigenvalue weighted by atomic mass is 79.9. The molecule has 1 N–H and O–H groups in total. The van der Waals surface area contributed by atoms with E-state index in [0.717, 1.165) is 0 Å². The van der Waals surface area contributed by atoms with E-state index >= 15 is 0 Å². The molecule has 1 unspecified atom stereocenters. The van der Waals surface area contributed by atoms with Gasteiger partial charge < -0.3 is 4.74 Å². The lowest BCUT2D eigenvalue weighted by Crippen LogP contribution is -2.27. The zero-order valence-electron chi connectivity index (χ0n) is 12.0. The molecule has 118 valence electrons. The molecule has 0 aromatic heterocycles. The van der Waals surface area contributed by atoms with Gasteiger partial charge in [0.2, 0.25) is 10.0 Å². The Labute approximate surface area is 137 Å². The first-order chi connectivity index (χ1) is 10.3. The van der Waals surface area contributed by atoms with Crippen LogP contribution in [0.4, 0.5) is 4.39 Å². The van der Waals surface area contributed by atoms with Crippen LogP contribution in [0.25, 0.3) is 0 Å². The van der Waals surface area contributed by atoms with Gasteiger partial charge in [0.15, 0.2) is 11.6 Å². The van der Waals surface area contributed by atoms with Gasteiger partial charge in [-0.15, -0.1) is 0 Å². The van der Waals surface area contributed by atoms with Crippen molar-refractivity contribution in [2.75, 3.05) is 7.11 Å². The smallest absolute Gasteiger partial charge is 0.242 e. The summed E-state index contributed by atoms with van der Waals surface area (Å²) in [5.74, 6) is -0.420. The van der Waals surface area contributed by atoms with Crippen LogP contribution in [0.2, 0.25) is 0 Å². The van der Waals surface area contributed by atoms with Crippen LogP contribution in [0.5, 0.6) is 5.75 Å². The molecule has 0 aliphatic rings. The Morgan fingerprint density at radius 2 is 1.91 bits per heavy atom. The summed E-state index contributed by atoms with van der Waals surface area (Å²) in [4.78, 5) is 0.135. The molecule has 0 saturated carbocycles. The summed E-state index contributed by atoms with van der Waals surface area (Å²) >= 11 is 3.21. The summed E-state index contributed by atoms with van der Waals surface area (Å²) in [5.41, 5.74) is 0.508. The second-order valence-corrected chi connectivity index (χ2v) is 7.20. The fraction of sp³-hybridized carbons (Fsp3) is 0.200. The molecule has 1 atom stereocenters. The third-order valence-corrected chi connectivity index (χ3v) is 5.69. The molecular formula is C15H15BrFNO3S.